The summed E-state index contributed by atoms with van der Waals surface area (Å²) in [4.78, 5) is 13.6. The van der Waals surface area contributed by atoms with E-state index in [2.05, 4.69) is 4.99 Å². The van der Waals surface area contributed by atoms with Crippen LogP contribution in [0.25, 0.3) is 0 Å². The van der Waals surface area contributed by atoms with Crippen LogP contribution in [0.3, 0.4) is 0 Å². The molecule has 12 heavy (non-hydrogen) atoms. The van der Waals surface area contributed by atoms with Crippen LogP contribution in [0.4, 0.5) is 0 Å². The van der Waals surface area contributed by atoms with Gasteiger partial charge in [0.05, 0.1) is 19.5 Å². The van der Waals surface area contributed by atoms with Crippen LogP contribution in [0.1, 0.15) is 6.42 Å². The second-order valence-electron chi connectivity index (χ2n) is 1.72. The van der Waals surface area contributed by atoms with Crippen LogP contribution in [0.5, 0.6) is 0 Å². The molecule has 0 radical (unpaired) electrons. The lowest BCUT2D eigenvalue weighted by Gasteiger charge is -1.93. The third kappa shape index (κ3) is 12.2. The Bertz CT molecular complexity index is 152. The van der Waals surface area contributed by atoms with Gasteiger partial charge in [-0.25, -0.2) is 0 Å². The van der Waals surface area contributed by atoms with E-state index in [9.17, 15) is 4.79 Å². The number of carbonyl (C=O) groups is 1. The topological polar surface area (TPSA) is 102 Å². The molecule has 0 fully saturated rings. The quantitative estimate of drug-likeness (QED) is 0.442. The molecule has 0 aliphatic carbocycles. The van der Waals surface area contributed by atoms with Gasteiger partial charge < -0.3 is 16.6 Å². The van der Waals surface area contributed by atoms with Gasteiger partial charge >= 0.3 is 5.97 Å². The third-order valence-electron chi connectivity index (χ3n) is 0.850. The average molecular weight is 218 g/mol. The standard InChI is InChI=1S/C5H11N3O2.2ClH/c6-3-4(7)8-2-1-5(9)10;;/h1-3,6H2,(H2,7,8)(H,9,10);2*1H. The smallest absolute Gasteiger partial charge is 0.305 e. The Kier molecular flexibility index (Phi) is 15.3. The van der Waals surface area contributed by atoms with Crippen molar-refractivity contribution in [2.75, 3.05) is 13.1 Å². The lowest BCUT2D eigenvalue weighted by Crippen LogP contribution is -2.23. The van der Waals surface area contributed by atoms with E-state index < -0.39 is 5.97 Å². The fraction of sp³-hybridized carbons (Fsp3) is 0.600. The minimum Gasteiger partial charge on any atom is -0.481 e. The van der Waals surface area contributed by atoms with Crippen LogP contribution in [0.15, 0.2) is 4.99 Å². The molecule has 0 amide bonds. The van der Waals surface area contributed by atoms with Crippen LogP contribution in [0.2, 0.25) is 0 Å². The minimum atomic E-state index is -0.881. The lowest BCUT2D eigenvalue weighted by atomic mass is 10.4. The number of nitrogens with two attached hydrogens (primary N) is 2. The Morgan fingerprint density at radius 3 is 2.25 bits per heavy atom. The molecule has 0 aromatic heterocycles. The van der Waals surface area contributed by atoms with Crippen molar-refractivity contribution in [3.8, 4) is 0 Å². The van der Waals surface area contributed by atoms with Crippen molar-refractivity contribution < 1.29 is 9.90 Å². The van der Waals surface area contributed by atoms with Gasteiger partial charge in [0.15, 0.2) is 0 Å². The van der Waals surface area contributed by atoms with Crippen molar-refractivity contribution >= 4 is 36.6 Å². The molecule has 0 heterocycles. The summed E-state index contributed by atoms with van der Waals surface area (Å²) < 4.78 is 0. The molecule has 5 nitrogen and oxygen atoms in total. The van der Waals surface area contributed by atoms with Crippen LogP contribution in [-0.2, 0) is 4.79 Å². The van der Waals surface area contributed by atoms with E-state index in [-0.39, 0.29) is 44.3 Å². The second-order valence-corrected chi connectivity index (χ2v) is 1.72. The molecule has 0 aromatic carbocycles. The van der Waals surface area contributed by atoms with E-state index >= 15 is 0 Å². The van der Waals surface area contributed by atoms with Crippen LogP contribution >= 0.6 is 24.8 Å². The summed E-state index contributed by atoms with van der Waals surface area (Å²) in [6.07, 6.45) is 0.000694. The van der Waals surface area contributed by atoms with Crippen molar-refractivity contribution in [3.05, 3.63) is 0 Å². The SMILES string of the molecule is Cl.Cl.NCC(N)=NCCC(=O)O. The molecular weight excluding hydrogens is 205 g/mol. The Labute approximate surface area is 83.0 Å². The number of aliphatic carboxylic acids is 1. The Balaban J connectivity index is -0.000000405. The van der Waals surface area contributed by atoms with Crippen LogP contribution < -0.4 is 11.5 Å². The normalized spacial score (nSPS) is 9.58. The maximum Gasteiger partial charge on any atom is 0.305 e. The summed E-state index contributed by atoms with van der Waals surface area (Å²) in [5.74, 6) is -0.588. The molecule has 0 saturated heterocycles. The Morgan fingerprint density at radius 2 is 1.92 bits per heavy atom. The van der Waals surface area contributed by atoms with E-state index in [1.807, 2.05) is 0 Å². The molecule has 0 aliphatic heterocycles. The number of carboxylic acid groups (broad SMARTS) is 1. The van der Waals surface area contributed by atoms with Gasteiger partial charge in [-0.2, -0.15) is 0 Å². The number of hydrogen-bond acceptors (Lipinski definition) is 3. The molecule has 7 heteroatoms. The third-order valence-corrected chi connectivity index (χ3v) is 0.850. The molecule has 0 aromatic rings. The highest BCUT2D eigenvalue weighted by Crippen LogP contribution is 1.79. The number of carboxylic acids is 1. The maximum absolute atomic E-state index is 9.93. The van der Waals surface area contributed by atoms with Gasteiger partial charge in [0.2, 0.25) is 0 Å². The Hall–Kier alpha value is -0.520. The predicted octanol–water partition coefficient (Wildman–Crippen LogP) is -0.379. The van der Waals surface area contributed by atoms with Gasteiger partial charge in [-0.1, -0.05) is 0 Å². The van der Waals surface area contributed by atoms with Gasteiger partial charge in [-0.3, -0.25) is 9.79 Å². The monoisotopic (exact) mass is 217 g/mol. The summed E-state index contributed by atoms with van der Waals surface area (Å²) in [6.45, 7) is 0.387. The number of hydrogen-bond donors (Lipinski definition) is 3. The lowest BCUT2D eigenvalue weighted by molar-refractivity contribution is -0.136. The molecule has 0 rings (SSSR count). The first-order valence-corrected chi connectivity index (χ1v) is 2.87. The fourth-order valence-electron chi connectivity index (χ4n) is 0.360. The molecule has 5 N–H and O–H groups in total. The summed E-state index contributed by atoms with van der Waals surface area (Å²) in [5, 5.41) is 8.16. The largest absolute Gasteiger partial charge is 0.481 e. The average Bonchev–Trinajstić information content (AvgIpc) is 1.87. The maximum atomic E-state index is 9.93. The van der Waals surface area contributed by atoms with E-state index in [0.717, 1.165) is 0 Å². The van der Waals surface area contributed by atoms with Crippen LogP contribution in [0, 0.1) is 0 Å². The molecule has 0 bridgehead atoms. The van der Waals surface area contributed by atoms with Crippen molar-refractivity contribution in [3.63, 3.8) is 0 Å². The number of rotatable bonds is 4. The Morgan fingerprint density at radius 1 is 1.42 bits per heavy atom. The van der Waals surface area contributed by atoms with E-state index in [4.69, 9.17) is 16.6 Å². The first-order chi connectivity index (χ1) is 4.66. The highest BCUT2D eigenvalue weighted by molar-refractivity contribution is 5.85. The van der Waals surface area contributed by atoms with Crippen molar-refractivity contribution in [2.45, 2.75) is 6.42 Å². The molecule has 0 unspecified atom stereocenters. The predicted molar refractivity (Wildman–Crippen MR) is 52.3 cm³/mol. The molecule has 74 valence electrons. The summed E-state index contributed by atoms with van der Waals surface area (Å²) in [7, 11) is 0. The number of nitrogens with zero attached hydrogens (tertiary/aromatic N) is 1. The molecule has 0 spiro atoms. The summed E-state index contributed by atoms with van der Waals surface area (Å²) in [5.41, 5.74) is 10.3. The van der Waals surface area contributed by atoms with E-state index in [1.165, 1.54) is 0 Å². The van der Waals surface area contributed by atoms with E-state index in [0.29, 0.717) is 5.84 Å². The fourth-order valence-corrected chi connectivity index (χ4v) is 0.360. The summed E-state index contributed by atoms with van der Waals surface area (Å²) in [6, 6.07) is 0. The molecule has 0 saturated carbocycles. The number of amidine groups is 1. The molecule has 0 aliphatic rings. The second kappa shape index (κ2) is 10.5. The first-order valence-electron chi connectivity index (χ1n) is 2.87. The van der Waals surface area contributed by atoms with E-state index in [1.54, 1.807) is 0 Å². The van der Waals surface area contributed by atoms with Crippen LogP contribution in [-0.4, -0.2) is 30.0 Å². The highest BCUT2D eigenvalue weighted by Gasteiger charge is 1.93. The van der Waals surface area contributed by atoms with Crippen molar-refractivity contribution in [2.24, 2.45) is 16.5 Å². The van der Waals surface area contributed by atoms with Crippen molar-refractivity contribution in [1.29, 1.82) is 0 Å². The zero-order valence-corrected chi connectivity index (χ0v) is 8.03. The van der Waals surface area contributed by atoms with Gasteiger partial charge in [0.1, 0.15) is 5.84 Å². The highest BCUT2D eigenvalue weighted by atomic mass is 35.5. The number of aliphatic imine (C=N–C) groups is 1. The van der Waals surface area contributed by atoms with Gasteiger partial charge in [0.25, 0.3) is 0 Å². The van der Waals surface area contributed by atoms with Gasteiger partial charge in [0, 0.05) is 0 Å². The van der Waals surface area contributed by atoms with Gasteiger partial charge in [-0.05, 0) is 0 Å². The van der Waals surface area contributed by atoms with Crippen molar-refractivity contribution in [1.82, 2.24) is 0 Å². The number of halogens is 2. The van der Waals surface area contributed by atoms with Gasteiger partial charge in [-0.15, -0.1) is 24.8 Å². The zero-order valence-electron chi connectivity index (χ0n) is 6.40. The summed E-state index contributed by atoms with van der Waals surface area (Å²) >= 11 is 0. The zero-order chi connectivity index (χ0) is 7.98. The molecular formula is C5H13Cl2N3O2. The first kappa shape index (κ1) is 17.5. The molecule has 0 atom stereocenters. The minimum absolute atomic E-state index is 0.